The Kier molecular flexibility index (Phi) is 5.87. The van der Waals surface area contributed by atoms with E-state index in [9.17, 15) is 4.79 Å². The lowest BCUT2D eigenvalue weighted by Gasteiger charge is -2.29. The van der Waals surface area contributed by atoms with Crippen LogP contribution >= 0.6 is 0 Å². The Morgan fingerprint density at radius 1 is 1.18 bits per heavy atom. The van der Waals surface area contributed by atoms with Crippen LogP contribution in [0.5, 0.6) is 11.5 Å². The highest BCUT2D eigenvalue weighted by atomic mass is 16.5. The molecule has 4 heteroatoms. The van der Waals surface area contributed by atoms with E-state index in [1.54, 1.807) is 26.4 Å². The number of ether oxygens (including phenoxy) is 2. The van der Waals surface area contributed by atoms with E-state index in [1.807, 2.05) is 18.2 Å². The van der Waals surface area contributed by atoms with Crippen molar-refractivity contribution in [3.63, 3.8) is 0 Å². The quantitative estimate of drug-likeness (QED) is 0.848. The fourth-order valence-corrected chi connectivity index (χ4v) is 2.89. The number of amides is 1. The maximum atomic E-state index is 12.1. The minimum atomic E-state index is -0.0338. The first-order valence-electron chi connectivity index (χ1n) is 7.84. The summed E-state index contributed by atoms with van der Waals surface area (Å²) in [6, 6.07) is 5.89. The van der Waals surface area contributed by atoms with Crippen molar-refractivity contribution in [2.24, 2.45) is 5.92 Å². The highest BCUT2D eigenvalue weighted by Gasteiger charge is 2.21. The summed E-state index contributed by atoms with van der Waals surface area (Å²) < 4.78 is 10.5. The molecule has 0 bridgehead atoms. The molecule has 1 N–H and O–H groups in total. The maximum Gasteiger partial charge on any atom is 0.244 e. The maximum absolute atomic E-state index is 12.1. The Bertz CT molecular complexity index is 539. The number of carbonyl (C=O) groups excluding carboxylic acids is 1. The predicted molar refractivity (Wildman–Crippen MR) is 88.1 cm³/mol. The van der Waals surface area contributed by atoms with Gasteiger partial charge in [-0.15, -0.1) is 0 Å². The molecule has 2 unspecified atom stereocenters. The summed E-state index contributed by atoms with van der Waals surface area (Å²) >= 11 is 0. The molecular formula is C18H25NO3. The lowest BCUT2D eigenvalue weighted by Crippen LogP contribution is -2.40. The zero-order valence-electron chi connectivity index (χ0n) is 13.6. The molecule has 1 saturated carbocycles. The van der Waals surface area contributed by atoms with E-state index in [0.29, 0.717) is 23.5 Å². The topological polar surface area (TPSA) is 47.6 Å². The van der Waals surface area contributed by atoms with Gasteiger partial charge in [-0.2, -0.15) is 0 Å². The Labute approximate surface area is 132 Å². The molecule has 2 rings (SSSR count). The molecule has 0 saturated heterocycles. The predicted octanol–water partition coefficient (Wildman–Crippen LogP) is 3.41. The van der Waals surface area contributed by atoms with E-state index < -0.39 is 0 Å². The van der Waals surface area contributed by atoms with Crippen molar-refractivity contribution in [3.05, 3.63) is 29.8 Å². The first kappa shape index (κ1) is 16.4. The highest BCUT2D eigenvalue weighted by molar-refractivity contribution is 5.92. The second kappa shape index (κ2) is 7.87. The second-order valence-corrected chi connectivity index (χ2v) is 5.82. The van der Waals surface area contributed by atoms with E-state index in [1.165, 1.54) is 19.3 Å². The third kappa shape index (κ3) is 4.26. The summed E-state index contributed by atoms with van der Waals surface area (Å²) in [4.78, 5) is 12.1. The molecule has 1 aromatic rings. The molecule has 0 radical (unpaired) electrons. The van der Waals surface area contributed by atoms with E-state index in [-0.39, 0.29) is 5.91 Å². The van der Waals surface area contributed by atoms with Crippen LogP contribution in [0.2, 0.25) is 0 Å². The van der Waals surface area contributed by atoms with Gasteiger partial charge < -0.3 is 14.8 Å². The average Bonchev–Trinajstić information content (AvgIpc) is 2.54. The van der Waals surface area contributed by atoms with Crippen molar-refractivity contribution < 1.29 is 14.3 Å². The molecule has 0 aromatic heterocycles. The minimum absolute atomic E-state index is 0.0338. The van der Waals surface area contributed by atoms with Crippen LogP contribution in [-0.2, 0) is 4.79 Å². The number of rotatable bonds is 5. The normalized spacial score (nSPS) is 21.6. The van der Waals surface area contributed by atoms with Gasteiger partial charge in [-0.25, -0.2) is 0 Å². The van der Waals surface area contributed by atoms with Crippen molar-refractivity contribution in [2.45, 2.75) is 38.6 Å². The fraction of sp³-hybridized carbons (Fsp3) is 0.500. The number of benzene rings is 1. The zero-order chi connectivity index (χ0) is 15.9. The number of carbonyl (C=O) groups is 1. The monoisotopic (exact) mass is 303 g/mol. The molecule has 120 valence electrons. The van der Waals surface area contributed by atoms with Gasteiger partial charge in [0.2, 0.25) is 5.91 Å². The van der Waals surface area contributed by atoms with Gasteiger partial charge in [0.15, 0.2) is 11.5 Å². The summed E-state index contributed by atoms with van der Waals surface area (Å²) in [6.07, 6.45) is 8.14. The number of hydrogen-bond acceptors (Lipinski definition) is 3. The van der Waals surface area contributed by atoms with Crippen LogP contribution in [0.1, 0.15) is 38.2 Å². The van der Waals surface area contributed by atoms with Crippen LogP contribution in [0, 0.1) is 5.92 Å². The molecule has 0 aliphatic heterocycles. The Balaban J connectivity index is 1.97. The molecule has 0 heterocycles. The van der Waals surface area contributed by atoms with Crippen molar-refractivity contribution in [3.8, 4) is 11.5 Å². The summed E-state index contributed by atoms with van der Waals surface area (Å²) in [5.74, 6) is 1.87. The van der Waals surface area contributed by atoms with Crippen LogP contribution < -0.4 is 14.8 Å². The lowest BCUT2D eigenvalue weighted by molar-refractivity contribution is -0.117. The van der Waals surface area contributed by atoms with Gasteiger partial charge in [-0.05, 0) is 42.5 Å². The number of nitrogens with one attached hydrogen (secondary N) is 1. The van der Waals surface area contributed by atoms with Crippen LogP contribution in [0.3, 0.4) is 0 Å². The van der Waals surface area contributed by atoms with Gasteiger partial charge in [0.25, 0.3) is 0 Å². The Hall–Kier alpha value is -1.97. The van der Waals surface area contributed by atoms with Gasteiger partial charge in [-0.1, -0.05) is 25.8 Å². The molecule has 1 aliphatic rings. The first-order valence-corrected chi connectivity index (χ1v) is 7.84. The lowest BCUT2D eigenvalue weighted by atomic mass is 9.86. The van der Waals surface area contributed by atoms with E-state index in [4.69, 9.17) is 9.47 Å². The van der Waals surface area contributed by atoms with Crippen molar-refractivity contribution in [1.82, 2.24) is 5.32 Å². The second-order valence-electron chi connectivity index (χ2n) is 5.82. The fourth-order valence-electron chi connectivity index (χ4n) is 2.89. The van der Waals surface area contributed by atoms with Crippen LogP contribution in [0.4, 0.5) is 0 Å². The standard InChI is InChI=1S/C18H25NO3/c1-13-6-4-5-7-15(13)19-18(20)11-9-14-8-10-16(21-2)17(12-14)22-3/h8-13,15H,4-7H2,1-3H3,(H,19,20)/b11-9+. The molecule has 1 aromatic carbocycles. The summed E-state index contributed by atoms with van der Waals surface area (Å²) in [5, 5.41) is 3.11. The third-order valence-electron chi connectivity index (χ3n) is 4.27. The van der Waals surface area contributed by atoms with E-state index >= 15 is 0 Å². The van der Waals surface area contributed by atoms with Crippen LogP contribution in [0.25, 0.3) is 6.08 Å². The number of hydrogen-bond donors (Lipinski definition) is 1. The SMILES string of the molecule is COc1ccc(/C=C/C(=O)NC2CCCCC2C)cc1OC. The van der Waals surface area contributed by atoms with E-state index in [0.717, 1.165) is 12.0 Å². The number of methoxy groups -OCH3 is 2. The average molecular weight is 303 g/mol. The van der Waals surface area contributed by atoms with Crippen LogP contribution in [0.15, 0.2) is 24.3 Å². The van der Waals surface area contributed by atoms with E-state index in [2.05, 4.69) is 12.2 Å². The Morgan fingerprint density at radius 2 is 1.91 bits per heavy atom. The molecule has 22 heavy (non-hydrogen) atoms. The molecule has 4 nitrogen and oxygen atoms in total. The first-order chi connectivity index (χ1) is 10.6. The van der Waals surface area contributed by atoms with Crippen molar-refractivity contribution in [1.29, 1.82) is 0 Å². The minimum Gasteiger partial charge on any atom is -0.493 e. The largest absolute Gasteiger partial charge is 0.493 e. The highest BCUT2D eigenvalue weighted by Crippen LogP contribution is 2.28. The molecular weight excluding hydrogens is 278 g/mol. The van der Waals surface area contributed by atoms with Crippen LogP contribution in [-0.4, -0.2) is 26.2 Å². The van der Waals surface area contributed by atoms with Gasteiger partial charge in [0.05, 0.1) is 14.2 Å². The molecule has 2 atom stereocenters. The van der Waals surface area contributed by atoms with Gasteiger partial charge in [0.1, 0.15) is 0 Å². The summed E-state index contributed by atoms with van der Waals surface area (Å²) in [5.41, 5.74) is 0.907. The molecule has 1 fully saturated rings. The van der Waals surface area contributed by atoms with Gasteiger partial charge in [0, 0.05) is 12.1 Å². The molecule has 1 aliphatic carbocycles. The van der Waals surface area contributed by atoms with Gasteiger partial charge in [-0.3, -0.25) is 4.79 Å². The summed E-state index contributed by atoms with van der Waals surface area (Å²) in [7, 11) is 3.20. The smallest absolute Gasteiger partial charge is 0.244 e. The van der Waals surface area contributed by atoms with Gasteiger partial charge >= 0.3 is 0 Å². The Morgan fingerprint density at radius 3 is 2.59 bits per heavy atom. The van der Waals surface area contributed by atoms with Crippen molar-refractivity contribution in [2.75, 3.05) is 14.2 Å². The summed E-state index contributed by atoms with van der Waals surface area (Å²) in [6.45, 7) is 2.21. The zero-order valence-corrected chi connectivity index (χ0v) is 13.6. The third-order valence-corrected chi connectivity index (χ3v) is 4.27. The molecule has 1 amide bonds. The van der Waals surface area contributed by atoms with Crippen molar-refractivity contribution >= 4 is 12.0 Å². The molecule has 0 spiro atoms.